The molecule has 160 valence electrons. The number of aliphatic imine (C=N–C) groups is 1. The number of nitrogens with zero attached hydrogens (tertiary/aromatic N) is 1. The molecule has 11 nitrogen and oxygen atoms in total. The Labute approximate surface area is 163 Å². The Bertz CT molecular complexity index is 470. The Kier molecular flexibility index (Phi) is 14.4. The van der Waals surface area contributed by atoms with E-state index in [-0.39, 0.29) is 58.9 Å². The van der Waals surface area contributed by atoms with E-state index in [1.165, 1.54) is 27.4 Å². The van der Waals surface area contributed by atoms with Gasteiger partial charge in [-0.3, -0.25) is 14.4 Å². The Morgan fingerprint density at radius 3 is 1.29 bits per heavy atom. The average molecular weight is 405 g/mol. The summed E-state index contributed by atoms with van der Waals surface area (Å²) in [5.74, 6) is -1.35. The predicted octanol–water partition coefficient (Wildman–Crippen LogP) is -0.200. The lowest BCUT2D eigenvalue weighted by atomic mass is 10.0. The van der Waals surface area contributed by atoms with Crippen molar-refractivity contribution >= 4 is 24.0 Å². The summed E-state index contributed by atoms with van der Waals surface area (Å²) in [6, 6.07) is 0. The Morgan fingerprint density at radius 2 is 1.04 bits per heavy atom. The van der Waals surface area contributed by atoms with Crippen LogP contribution in [-0.2, 0) is 47.6 Å². The number of ether oxygens (including phenoxy) is 6. The van der Waals surface area contributed by atoms with Gasteiger partial charge < -0.3 is 28.4 Å². The molecule has 0 N–H and O–H groups in total. The zero-order valence-electron chi connectivity index (χ0n) is 16.4. The smallest absolute Gasteiger partial charge is 0.307 e. The molecule has 0 bridgehead atoms. The number of hydrogen-bond acceptors (Lipinski definition) is 11. The van der Waals surface area contributed by atoms with E-state index in [0.29, 0.717) is 0 Å². The third-order valence-electron chi connectivity index (χ3n) is 3.43. The largest absolute Gasteiger partial charge is 0.469 e. The minimum Gasteiger partial charge on any atom is -0.469 e. The first-order valence-corrected chi connectivity index (χ1v) is 8.45. The van der Waals surface area contributed by atoms with Crippen molar-refractivity contribution in [1.82, 2.24) is 0 Å². The van der Waals surface area contributed by atoms with Crippen LogP contribution in [0.3, 0.4) is 0 Å². The fourth-order valence-corrected chi connectivity index (χ4v) is 1.88. The molecule has 0 spiro atoms. The summed E-state index contributed by atoms with van der Waals surface area (Å²) in [7, 11) is 3.77. The van der Waals surface area contributed by atoms with Gasteiger partial charge in [0.05, 0.1) is 80.2 Å². The maximum Gasteiger partial charge on any atom is 0.307 e. The highest BCUT2D eigenvalue weighted by molar-refractivity contribution is 5.69. The van der Waals surface area contributed by atoms with E-state index in [1.54, 1.807) is 0 Å². The van der Waals surface area contributed by atoms with Crippen molar-refractivity contribution in [2.75, 3.05) is 61.0 Å². The van der Waals surface area contributed by atoms with Crippen LogP contribution in [0, 0.1) is 0 Å². The van der Waals surface area contributed by atoms with Crippen molar-refractivity contribution in [3.05, 3.63) is 0 Å². The van der Waals surface area contributed by atoms with E-state index in [2.05, 4.69) is 19.2 Å². The molecule has 0 aromatic rings. The minimum atomic E-state index is -1.26. The molecule has 0 aliphatic carbocycles. The molecule has 0 fully saturated rings. The molecule has 0 radical (unpaired) electrons. The van der Waals surface area contributed by atoms with E-state index in [9.17, 15) is 19.2 Å². The molecule has 0 saturated heterocycles. The lowest BCUT2D eigenvalue weighted by Crippen LogP contribution is -2.43. The molecule has 0 heterocycles. The zero-order valence-corrected chi connectivity index (χ0v) is 16.4. The fraction of sp³-hybridized carbons (Fsp3) is 0.765. The normalized spacial score (nSPS) is 10.7. The van der Waals surface area contributed by atoms with Gasteiger partial charge in [0, 0.05) is 0 Å². The first-order valence-electron chi connectivity index (χ1n) is 8.45. The second-order valence-electron chi connectivity index (χ2n) is 5.56. The van der Waals surface area contributed by atoms with Gasteiger partial charge in [-0.05, 0) is 0 Å². The third kappa shape index (κ3) is 12.1. The summed E-state index contributed by atoms with van der Waals surface area (Å²) in [6.07, 6.45) is 1.50. The van der Waals surface area contributed by atoms with Crippen LogP contribution in [0.15, 0.2) is 4.99 Å². The molecule has 0 rings (SSSR count). The summed E-state index contributed by atoms with van der Waals surface area (Å²) in [6.45, 7) is -0.242. The first kappa shape index (κ1) is 25.7. The van der Waals surface area contributed by atoms with Gasteiger partial charge in [-0.1, -0.05) is 0 Å². The minimum absolute atomic E-state index is 0.0176. The highest BCUT2D eigenvalue weighted by Gasteiger charge is 2.32. The van der Waals surface area contributed by atoms with Crippen molar-refractivity contribution in [2.24, 2.45) is 4.99 Å². The van der Waals surface area contributed by atoms with Gasteiger partial charge in [-0.15, -0.1) is 0 Å². The highest BCUT2D eigenvalue weighted by atomic mass is 16.5. The number of hydrogen-bond donors (Lipinski definition) is 0. The summed E-state index contributed by atoms with van der Waals surface area (Å²) in [4.78, 5) is 48.1. The van der Waals surface area contributed by atoms with Crippen molar-refractivity contribution in [1.29, 1.82) is 0 Å². The van der Waals surface area contributed by atoms with Crippen molar-refractivity contribution in [2.45, 2.75) is 24.8 Å². The monoisotopic (exact) mass is 405 g/mol. The van der Waals surface area contributed by atoms with Crippen LogP contribution in [0.1, 0.15) is 19.3 Å². The maximum atomic E-state index is 11.1. The lowest BCUT2D eigenvalue weighted by Gasteiger charge is -2.27. The first-order chi connectivity index (χ1) is 13.4. The van der Waals surface area contributed by atoms with Crippen LogP contribution in [-0.4, -0.2) is 90.5 Å². The molecule has 0 aromatic carbocycles. The number of rotatable bonds is 16. The van der Waals surface area contributed by atoms with Gasteiger partial charge in [-0.25, -0.2) is 4.79 Å². The van der Waals surface area contributed by atoms with E-state index >= 15 is 0 Å². The molecule has 0 atom stereocenters. The summed E-state index contributed by atoms with van der Waals surface area (Å²) in [5.41, 5.74) is -1.26. The molecule has 0 aromatic heterocycles. The van der Waals surface area contributed by atoms with Gasteiger partial charge in [0.1, 0.15) is 5.54 Å². The van der Waals surface area contributed by atoms with Gasteiger partial charge in [0.25, 0.3) is 0 Å². The molecular weight excluding hydrogens is 378 g/mol. The summed E-state index contributed by atoms with van der Waals surface area (Å²) >= 11 is 0. The zero-order chi connectivity index (χ0) is 21.3. The molecule has 0 aliphatic rings. The fourth-order valence-electron chi connectivity index (χ4n) is 1.88. The van der Waals surface area contributed by atoms with E-state index < -0.39 is 23.4 Å². The standard InChI is InChI=1S/C17H27NO10/c1-23-14(20)4-7-26-10-17(18-13-19,11-27-8-5-15(21)24-2)12-28-9-6-16(22)25-3/h4-12H2,1-3H3. The van der Waals surface area contributed by atoms with Gasteiger partial charge >= 0.3 is 17.9 Å². The number of carbonyl (C=O) groups is 3. The van der Waals surface area contributed by atoms with Crippen LogP contribution < -0.4 is 0 Å². The molecule has 0 saturated carbocycles. The number of esters is 3. The Morgan fingerprint density at radius 1 is 0.714 bits per heavy atom. The van der Waals surface area contributed by atoms with Gasteiger partial charge in [-0.2, -0.15) is 4.99 Å². The maximum absolute atomic E-state index is 11.1. The van der Waals surface area contributed by atoms with Crippen LogP contribution >= 0.6 is 0 Å². The van der Waals surface area contributed by atoms with E-state index in [0.717, 1.165) is 0 Å². The predicted molar refractivity (Wildman–Crippen MR) is 93.2 cm³/mol. The van der Waals surface area contributed by atoms with Crippen molar-refractivity contribution < 1.29 is 47.6 Å². The van der Waals surface area contributed by atoms with Crippen LogP contribution in [0.4, 0.5) is 0 Å². The van der Waals surface area contributed by atoms with Gasteiger partial charge in [0.15, 0.2) is 0 Å². The molecular formula is C17H27NO10. The number of carbonyl (C=O) groups excluding carboxylic acids is 4. The molecule has 11 heteroatoms. The van der Waals surface area contributed by atoms with E-state index in [4.69, 9.17) is 14.2 Å². The molecule has 0 amide bonds. The summed E-state index contributed by atoms with van der Waals surface area (Å²) < 4.78 is 29.8. The Balaban J connectivity index is 4.78. The molecule has 28 heavy (non-hydrogen) atoms. The molecule has 0 aliphatic heterocycles. The second kappa shape index (κ2) is 15.7. The Hall–Kier alpha value is -2.33. The topological polar surface area (TPSA) is 136 Å². The quantitative estimate of drug-likeness (QED) is 0.112. The second-order valence-corrected chi connectivity index (χ2v) is 5.56. The van der Waals surface area contributed by atoms with Crippen LogP contribution in [0.5, 0.6) is 0 Å². The van der Waals surface area contributed by atoms with Crippen LogP contribution in [0.2, 0.25) is 0 Å². The summed E-state index contributed by atoms with van der Waals surface area (Å²) in [5, 5.41) is 0. The van der Waals surface area contributed by atoms with Crippen molar-refractivity contribution in [3.8, 4) is 0 Å². The average Bonchev–Trinajstić information content (AvgIpc) is 2.71. The third-order valence-corrected chi connectivity index (χ3v) is 3.43. The number of isocyanates is 1. The van der Waals surface area contributed by atoms with Gasteiger partial charge in [0.2, 0.25) is 6.08 Å². The van der Waals surface area contributed by atoms with E-state index in [1.807, 2.05) is 0 Å². The lowest BCUT2D eigenvalue weighted by molar-refractivity contribution is -0.142. The number of methoxy groups -OCH3 is 3. The van der Waals surface area contributed by atoms with Crippen molar-refractivity contribution in [3.63, 3.8) is 0 Å². The van der Waals surface area contributed by atoms with Crippen LogP contribution in [0.25, 0.3) is 0 Å². The SMILES string of the molecule is COC(=O)CCOCC(COCCC(=O)OC)(COCCC(=O)OC)N=C=O. The highest BCUT2D eigenvalue weighted by Crippen LogP contribution is 2.15. The molecule has 0 unspecified atom stereocenters.